The molecule has 0 bridgehead atoms. The Bertz CT molecular complexity index is 665. The first-order valence-corrected chi connectivity index (χ1v) is 7.79. The minimum Gasteiger partial charge on any atom is -0.368 e. The number of imidazole rings is 1. The lowest BCUT2D eigenvalue weighted by Gasteiger charge is -2.07. The maximum atomic E-state index is 12.1. The first-order chi connectivity index (χ1) is 8.95. The third-order valence-corrected chi connectivity index (χ3v) is 4.45. The van der Waals surface area contributed by atoms with Gasteiger partial charge < -0.3 is 5.32 Å². The number of fused-ring (bicyclic) bond motifs is 1. The van der Waals surface area contributed by atoms with Gasteiger partial charge in [0.05, 0.1) is 6.54 Å². The molecule has 0 saturated carbocycles. The second-order valence-corrected chi connectivity index (χ2v) is 6.15. The molecule has 2 aromatic heterocycles. The Kier molecular flexibility index (Phi) is 4.02. The number of anilines is 1. The highest BCUT2D eigenvalue weighted by Crippen LogP contribution is 2.25. The lowest BCUT2D eigenvalue weighted by atomic mass is 10.6. The number of halogens is 2. The number of hydrogen-bond acceptors (Lipinski definition) is 5. The summed E-state index contributed by atoms with van der Waals surface area (Å²) in [6, 6.07) is 0. The van der Waals surface area contributed by atoms with Crippen molar-refractivity contribution in [3.8, 4) is 0 Å². The molecule has 0 aromatic carbocycles. The van der Waals surface area contributed by atoms with E-state index in [1.54, 1.807) is 12.3 Å². The highest BCUT2D eigenvalue weighted by molar-refractivity contribution is 7.89. The fraction of sp³-hybridized carbons (Fsp3) is 0.444. The molecule has 2 heterocycles. The van der Waals surface area contributed by atoms with Crippen LogP contribution < -0.4 is 10.0 Å². The summed E-state index contributed by atoms with van der Waals surface area (Å²) in [6.07, 6.45) is -1.21. The van der Waals surface area contributed by atoms with Crippen LogP contribution in [0.3, 0.4) is 0 Å². The van der Waals surface area contributed by atoms with Crippen LogP contribution in [0.15, 0.2) is 16.6 Å². The molecule has 0 amide bonds. The van der Waals surface area contributed by atoms with Crippen LogP contribution in [0.25, 0.3) is 4.96 Å². The van der Waals surface area contributed by atoms with Crippen molar-refractivity contribution < 1.29 is 17.2 Å². The largest absolute Gasteiger partial charge is 0.368 e. The van der Waals surface area contributed by atoms with Crippen LogP contribution in [0.1, 0.15) is 6.92 Å². The van der Waals surface area contributed by atoms with E-state index in [1.807, 2.05) is 4.72 Å². The van der Waals surface area contributed by atoms with Crippen LogP contribution >= 0.6 is 11.3 Å². The SMILES string of the molecule is CCNc1nc2sccn2c1S(=O)(=O)NCC(F)F. The Hall–Kier alpha value is -1.26. The second-order valence-electron chi connectivity index (χ2n) is 3.59. The van der Waals surface area contributed by atoms with E-state index in [-0.39, 0.29) is 10.8 Å². The van der Waals surface area contributed by atoms with E-state index in [4.69, 9.17) is 0 Å². The summed E-state index contributed by atoms with van der Waals surface area (Å²) in [4.78, 5) is 4.60. The molecule has 0 radical (unpaired) electrons. The maximum Gasteiger partial charge on any atom is 0.260 e. The molecule has 10 heteroatoms. The highest BCUT2D eigenvalue weighted by atomic mass is 32.2. The first kappa shape index (κ1) is 14.2. The van der Waals surface area contributed by atoms with Crippen molar-refractivity contribution in [1.82, 2.24) is 14.1 Å². The Balaban J connectivity index is 2.46. The van der Waals surface area contributed by atoms with Gasteiger partial charge in [-0.1, -0.05) is 0 Å². The minimum absolute atomic E-state index is 0.147. The molecule has 2 N–H and O–H groups in total. The van der Waals surface area contributed by atoms with E-state index in [9.17, 15) is 17.2 Å². The van der Waals surface area contributed by atoms with Crippen molar-refractivity contribution in [2.24, 2.45) is 0 Å². The van der Waals surface area contributed by atoms with E-state index >= 15 is 0 Å². The smallest absolute Gasteiger partial charge is 0.260 e. The lowest BCUT2D eigenvalue weighted by molar-refractivity contribution is 0.153. The van der Waals surface area contributed by atoms with Gasteiger partial charge in [-0.25, -0.2) is 26.9 Å². The van der Waals surface area contributed by atoms with Crippen molar-refractivity contribution in [2.75, 3.05) is 18.4 Å². The second kappa shape index (κ2) is 5.39. The van der Waals surface area contributed by atoms with Gasteiger partial charge in [-0.05, 0) is 6.92 Å². The molecule has 0 saturated heterocycles. The van der Waals surface area contributed by atoms with Gasteiger partial charge in [0, 0.05) is 18.1 Å². The Morgan fingerprint density at radius 2 is 2.26 bits per heavy atom. The van der Waals surface area contributed by atoms with E-state index in [0.29, 0.717) is 11.5 Å². The van der Waals surface area contributed by atoms with Gasteiger partial charge in [0.15, 0.2) is 15.8 Å². The molecule has 0 atom stereocenters. The number of alkyl halides is 2. The Morgan fingerprint density at radius 3 is 2.89 bits per heavy atom. The Morgan fingerprint density at radius 1 is 1.53 bits per heavy atom. The molecule has 6 nitrogen and oxygen atoms in total. The van der Waals surface area contributed by atoms with Crippen LogP contribution in [-0.2, 0) is 10.0 Å². The number of nitrogens with one attached hydrogen (secondary N) is 2. The topological polar surface area (TPSA) is 75.5 Å². The summed E-state index contributed by atoms with van der Waals surface area (Å²) in [6.45, 7) is 1.34. The summed E-state index contributed by atoms with van der Waals surface area (Å²) in [7, 11) is -4.05. The predicted molar refractivity (Wildman–Crippen MR) is 68.4 cm³/mol. The average Bonchev–Trinajstić information content (AvgIpc) is 2.86. The number of sulfonamides is 1. The summed E-state index contributed by atoms with van der Waals surface area (Å²) in [5.41, 5.74) is 0. The quantitative estimate of drug-likeness (QED) is 0.845. The number of aromatic nitrogens is 2. The molecular formula is C9H12F2N4O2S2. The summed E-state index contributed by atoms with van der Waals surface area (Å²) < 4.78 is 51.6. The van der Waals surface area contributed by atoms with Gasteiger partial charge in [-0.2, -0.15) is 0 Å². The van der Waals surface area contributed by atoms with Crippen LogP contribution in [0.5, 0.6) is 0 Å². The van der Waals surface area contributed by atoms with Crippen molar-refractivity contribution in [3.63, 3.8) is 0 Å². The van der Waals surface area contributed by atoms with Gasteiger partial charge in [-0.15, -0.1) is 11.3 Å². The summed E-state index contributed by atoms with van der Waals surface area (Å²) in [5.74, 6) is 0.163. The number of hydrogen-bond donors (Lipinski definition) is 2. The predicted octanol–water partition coefficient (Wildman–Crippen LogP) is 1.37. The zero-order valence-corrected chi connectivity index (χ0v) is 11.6. The van der Waals surface area contributed by atoms with E-state index < -0.39 is 23.0 Å². The van der Waals surface area contributed by atoms with Crippen molar-refractivity contribution >= 4 is 32.1 Å². The average molecular weight is 310 g/mol. The molecule has 2 rings (SSSR count). The lowest BCUT2D eigenvalue weighted by Crippen LogP contribution is -2.30. The van der Waals surface area contributed by atoms with Gasteiger partial charge in [0.25, 0.3) is 16.4 Å². The molecule has 2 aromatic rings. The van der Waals surface area contributed by atoms with Crippen LogP contribution in [0.4, 0.5) is 14.6 Å². The highest BCUT2D eigenvalue weighted by Gasteiger charge is 2.26. The standard InChI is InChI=1S/C9H12F2N4O2S2/c1-2-12-7-8(15-3-4-18-9(15)14-7)19(16,17)13-5-6(10)11/h3-4,6,12-13H,2,5H2,1H3. The summed E-state index contributed by atoms with van der Waals surface area (Å²) in [5, 5.41) is 4.34. The van der Waals surface area contributed by atoms with E-state index in [2.05, 4.69) is 10.3 Å². The summed E-state index contributed by atoms with van der Waals surface area (Å²) >= 11 is 1.26. The van der Waals surface area contributed by atoms with Gasteiger partial charge in [0.1, 0.15) is 0 Å². The van der Waals surface area contributed by atoms with E-state index in [0.717, 1.165) is 0 Å². The van der Waals surface area contributed by atoms with Crippen molar-refractivity contribution in [2.45, 2.75) is 18.4 Å². The third-order valence-electron chi connectivity index (χ3n) is 2.24. The third kappa shape index (κ3) is 2.85. The van der Waals surface area contributed by atoms with Crippen molar-refractivity contribution in [1.29, 1.82) is 0 Å². The molecule has 0 aliphatic heterocycles. The van der Waals surface area contributed by atoms with Crippen LogP contribution in [0.2, 0.25) is 0 Å². The first-order valence-electron chi connectivity index (χ1n) is 5.43. The number of rotatable bonds is 6. The molecule has 106 valence electrons. The number of nitrogens with zero attached hydrogens (tertiary/aromatic N) is 2. The molecule has 0 aliphatic carbocycles. The van der Waals surface area contributed by atoms with Gasteiger partial charge in [-0.3, -0.25) is 4.40 Å². The van der Waals surface area contributed by atoms with Gasteiger partial charge >= 0.3 is 0 Å². The minimum atomic E-state index is -4.05. The van der Waals surface area contributed by atoms with Crippen LogP contribution in [-0.4, -0.2) is 37.3 Å². The zero-order valence-electron chi connectivity index (χ0n) is 9.93. The molecule has 0 spiro atoms. The van der Waals surface area contributed by atoms with E-state index in [1.165, 1.54) is 21.9 Å². The van der Waals surface area contributed by atoms with Crippen molar-refractivity contribution in [3.05, 3.63) is 11.6 Å². The normalized spacial score (nSPS) is 12.4. The molecular weight excluding hydrogens is 298 g/mol. The molecule has 19 heavy (non-hydrogen) atoms. The number of thiazole rings is 1. The fourth-order valence-electron chi connectivity index (χ4n) is 1.55. The van der Waals surface area contributed by atoms with Gasteiger partial charge in [0.2, 0.25) is 0 Å². The Labute approximate surface area is 112 Å². The van der Waals surface area contributed by atoms with Crippen LogP contribution in [0, 0.1) is 0 Å². The zero-order chi connectivity index (χ0) is 14.0. The maximum absolute atomic E-state index is 12.1. The molecule has 0 unspecified atom stereocenters. The fourth-order valence-corrected chi connectivity index (χ4v) is 3.58. The molecule has 0 fully saturated rings. The molecule has 0 aliphatic rings. The monoisotopic (exact) mass is 310 g/mol.